The summed E-state index contributed by atoms with van der Waals surface area (Å²) < 4.78 is 19.7. The van der Waals surface area contributed by atoms with Crippen LogP contribution in [0.15, 0.2) is 23.2 Å². The van der Waals surface area contributed by atoms with Crippen molar-refractivity contribution in [3.8, 4) is 0 Å². The number of halogens is 1. The van der Waals surface area contributed by atoms with E-state index in [4.69, 9.17) is 16.2 Å². The molecule has 130 valence electrons. The monoisotopic (exact) mass is 353 g/mol. The molecule has 2 aliphatic heterocycles. The van der Waals surface area contributed by atoms with Crippen molar-refractivity contribution in [1.29, 1.82) is 0 Å². The molecule has 0 radical (unpaired) electrons. The second kappa shape index (κ2) is 7.16. The third-order valence-corrected chi connectivity index (χ3v) is 4.89. The molecule has 2 fully saturated rings. The quantitative estimate of drug-likeness (QED) is 0.619. The number of nitrogens with zero attached hydrogens (tertiary/aromatic N) is 3. The molecule has 0 bridgehead atoms. The topological polar surface area (TPSA) is 97.2 Å². The zero-order chi connectivity index (χ0) is 17.1. The Labute approximate surface area is 143 Å². The van der Waals surface area contributed by atoms with E-state index in [1.807, 2.05) is 16.7 Å². The van der Waals surface area contributed by atoms with Crippen molar-refractivity contribution in [2.24, 2.45) is 16.5 Å². The normalized spacial score (nSPS) is 20.9. The number of hydrogen-bond acceptors (Lipinski definition) is 5. The molecular weight excluding hydrogens is 333 g/mol. The summed E-state index contributed by atoms with van der Waals surface area (Å²) in [4.78, 5) is 19.3. The van der Waals surface area contributed by atoms with Crippen LogP contribution >= 0.6 is 11.8 Å². The van der Waals surface area contributed by atoms with E-state index in [1.54, 1.807) is 12.1 Å². The van der Waals surface area contributed by atoms with Crippen molar-refractivity contribution in [2.75, 3.05) is 47.5 Å². The molecule has 1 aromatic rings. The van der Waals surface area contributed by atoms with Crippen molar-refractivity contribution in [3.63, 3.8) is 0 Å². The number of guanidine groups is 1. The summed E-state index contributed by atoms with van der Waals surface area (Å²) in [5.41, 5.74) is 11.6. The first-order valence-corrected chi connectivity index (χ1v) is 8.86. The SMILES string of the molecule is NC(N)=NC[C@H]1CN(c2ccc(N3CCSCC3)c(F)c2)C(=O)O1. The second-order valence-electron chi connectivity index (χ2n) is 5.62. The predicted octanol–water partition coefficient (Wildman–Crippen LogP) is 0.977. The second-order valence-corrected chi connectivity index (χ2v) is 6.84. The number of cyclic esters (lactones) is 1. The minimum Gasteiger partial charge on any atom is -0.442 e. The van der Waals surface area contributed by atoms with E-state index in [-0.39, 0.29) is 24.9 Å². The standard InChI is InChI=1S/C15H20FN5O2S/c16-12-7-10(1-2-13(12)20-3-5-24-6-4-20)21-9-11(23-15(21)22)8-19-14(17)18/h1-2,7,11H,3-6,8-9H2,(H4,17,18,19)/t11-/m0/s1. The average Bonchev–Trinajstić information content (AvgIpc) is 2.94. The van der Waals surface area contributed by atoms with Gasteiger partial charge in [0.2, 0.25) is 0 Å². The van der Waals surface area contributed by atoms with Crippen LogP contribution < -0.4 is 21.3 Å². The molecule has 2 saturated heterocycles. The summed E-state index contributed by atoms with van der Waals surface area (Å²) in [5.74, 6) is 1.59. The van der Waals surface area contributed by atoms with Crippen molar-refractivity contribution in [1.82, 2.24) is 0 Å². The van der Waals surface area contributed by atoms with Gasteiger partial charge in [-0.05, 0) is 18.2 Å². The Morgan fingerprint density at radius 3 is 2.79 bits per heavy atom. The lowest BCUT2D eigenvalue weighted by atomic mass is 10.2. The first-order chi connectivity index (χ1) is 11.5. The Morgan fingerprint density at radius 2 is 2.12 bits per heavy atom. The number of aliphatic imine (C=N–C) groups is 1. The molecule has 0 aromatic heterocycles. The molecule has 3 rings (SSSR count). The summed E-state index contributed by atoms with van der Waals surface area (Å²) in [6, 6.07) is 4.84. The number of thioether (sulfide) groups is 1. The summed E-state index contributed by atoms with van der Waals surface area (Å²) in [5, 5.41) is 0. The van der Waals surface area contributed by atoms with Gasteiger partial charge >= 0.3 is 6.09 Å². The maximum absolute atomic E-state index is 14.5. The summed E-state index contributed by atoms with van der Waals surface area (Å²) >= 11 is 1.87. The van der Waals surface area contributed by atoms with Crippen molar-refractivity contribution >= 4 is 35.2 Å². The molecule has 24 heavy (non-hydrogen) atoms. The maximum Gasteiger partial charge on any atom is 0.414 e. The number of rotatable bonds is 4. The Bertz CT molecular complexity index is 647. The number of benzene rings is 1. The molecule has 0 unspecified atom stereocenters. The van der Waals surface area contributed by atoms with E-state index in [0.29, 0.717) is 11.4 Å². The zero-order valence-corrected chi connectivity index (χ0v) is 14.0. The number of hydrogen-bond donors (Lipinski definition) is 2. The van der Waals surface area contributed by atoms with Crippen LogP contribution in [0.5, 0.6) is 0 Å². The van der Waals surface area contributed by atoms with Gasteiger partial charge in [0.1, 0.15) is 11.9 Å². The van der Waals surface area contributed by atoms with E-state index in [9.17, 15) is 9.18 Å². The average molecular weight is 353 g/mol. The number of amides is 1. The lowest BCUT2D eigenvalue weighted by molar-refractivity contribution is 0.145. The molecule has 1 atom stereocenters. The van der Waals surface area contributed by atoms with Gasteiger partial charge in [0, 0.05) is 24.6 Å². The smallest absolute Gasteiger partial charge is 0.414 e. The van der Waals surface area contributed by atoms with Crippen molar-refractivity contribution in [3.05, 3.63) is 24.0 Å². The third-order valence-electron chi connectivity index (χ3n) is 3.95. The largest absolute Gasteiger partial charge is 0.442 e. The van der Waals surface area contributed by atoms with Gasteiger partial charge in [0.15, 0.2) is 5.96 Å². The fourth-order valence-corrected chi connectivity index (χ4v) is 3.66. The lowest BCUT2D eigenvalue weighted by Gasteiger charge is -2.29. The maximum atomic E-state index is 14.5. The first kappa shape index (κ1) is 16.7. The van der Waals surface area contributed by atoms with Crippen LogP contribution in [-0.2, 0) is 4.74 Å². The van der Waals surface area contributed by atoms with Gasteiger partial charge in [0.25, 0.3) is 0 Å². The van der Waals surface area contributed by atoms with Crippen LogP contribution in [0.4, 0.5) is 20.6 Å². The third kappa shape index (κ3) is 3.66. The summed E-state index contributed by atoms with van der Waals surface area (Å²) in [6.07, 6.45) is -0.964. The first-order valence-electron chi connectivity index (χ1n) is 7.70. The van der Waals surface area contributed by atoms with E-state index < -0.39 is 12.2 Å². The predicted molar refractivity (Wildman–Crippen MR) is 94.2 cm³/mol. The van der Waals surface area contributed by atoms with Crippen LogP contribution in [-0.4, -0.2) is 55.8 Å². The van der Waals surface area contributed by atoms with E-state index in [1.165, 1.54) is 11.0 Å². The van der Waals surface area contributed by atoms with Gasteiger partial charge in [-0.25, -0.2) is 14.2 Å². The fraction of sp³-hybridized carbons (Fsp3) is 0.467. The summed E-state index contributed by atoms with van der Waals surface area (Å²) in [7, 11) is 0. The fourth-order valence-electron chi connectivity index (χ4n) is 2.76. The van der Waals surface area contributed by atoms with Gasteiger partial charge in [-0.15, -0.1) is 0 Å². The van der Waals surface area contributed by atoms with Crippen LogP contribution in [0, 0.1) is 5.82 Å². The van der Waals surface area contributed by atoms with Crippen molar-refractivity contribution < 1.29 is 13.9 Å². The van der Waals surface area contributed by atoms with E-state index in [2.05, 4.69) is 4.99 Å². The molecule has 7 nitrogen and oxygen atoms in total. The highest BCUT2D eigenvalue weighted by Crippen LogP contribution is 2.29. The Morgan fingerprint density at radius 1 is 1.38 bits per heavy atom. The van der Waals surface area contributed by atoms with Crippen LogP contribution in [0.2, 0.25) is 0 Å². The minimum atomic E-state index is -0.521. The molecule has 0 saturated carbocycles. The van der Waals surface area contributed by atoms with Gasteiger partial charge in [0.05, 0.1) is 24.5 Å². The molecule has 2 aliphatic rings. The number of nitrogens with two attached hydrogens (primary N) is 2. The Balaban J connectivity index is 1.72. The molecule has 2 heterocycles. The van der Waals surface area contributed by atoms with Gasteiger partial charge in [-0.1, -0.05) is 0 Å². The Kier molecular flexibility index (Phi) is 4.98. The summed E-state index contributed by atoms with van der Waals surface area (Å²) in [6.45, 7) is 2.13. The van der Waals surface area contributed by atoms with Gasteiger partial charge in [-0.2, -0.15) is 11.8 Å². The van der Waals surface area contributed by atoms with Crippen LogP contribution in [0.1, 0.15) is 0 Å². The molecule has 1 aromatic carbocycles. The molecule has 4 N–H and O–H groups in total. The molecule has 1 amide bonds. The number of ether oxygens (including phenoxy) is 1. The number of carbonyl (C=O) groups is 1. The highest BCUT2D eigenvalue weighted by Gasteiger charge is 2.32. The Hall–Kier alpha value is -2.16. The highest BCUT2D eigenvalue weighted by atomic mass is 32.2. The van der Waals surface area contributed by atoms with Crippen LogP contribution in [0.3, 0.4) is 0 Å². The molecule has 0 spiro atoms. The number of anilines is 2. The number of carbonyl (C=O) groups excluding carboxylic acids is 1. The van der Waals surface area contributed by atoms with E-state index in [0.717, 1.165) is 24.6 Å². The van der Waals surface area contributed by atoms with Crippen LogP contribution in [0.25, 0.3) is 0 Å². The molecule has 0 aliphatic carbocycles. The van der Waals surface area contributed by atoms with Gasteiger partial charge in [-0.3, -0.25) is 4.90 Å². The van der Waals surface area contributed by atoms with Crippen molar-refractivity contribution in [2.45, 2.75) is 6.10 Å². The van der Waals surface area contributed by atoms with E-state index >= 15 is 0 Å². The molecule has 9 heteroatoms. The minimum absolute atomic E-state index is 0.0559. The lowest BCUT2D eigenvalue weighted by Crippen LogP contribution is -2.33. The molecular formula is C15H20FN5O2S. The highest BCUT2D eigenvalue weighted by molar-refractivity contribution is 7.99. The zero-order valence-electron chi connectivity index (χ0n) is 13.2. The van der Waals surface area contributed by atoms with Gasteiger partial charge < -0.3 is 21.1 Å².